The molecule has 208 valence electrons. The van der Waals surface area contributed by atoms with Gasteiger partial charge in [0.15, 0.2) is 0 Å². The highest BCUT2D eigenvalue weighted by molar-refractivity contribution is 9.09. The summed E-state index contributed by atoms with van der Waals surface area (Å²) >= 11 is 8.00. The molecule has 0 radical (unpaired) electrons. The molecule has 0 fully saturated rings. The Morgan fingerprint density at radius 3 is 1.41 bits per heavy atom. The first kappa shape index (κ1) is 30.1. The molecular weight excluding hydrogens is 608 g/mol. The third-order valence-corrected chi connectivity index (χ3v) is 9.71. The zero-order valence-electron chi connectivity index (χ0n) is 23.7. The lowest BCUT2D eigenvalue weighted by molar-refractivity contribution is 0.484. The smallest absolute Gasteiger partial charge is 0.128 e. The van der Waals surface area contributed by atoms with Crippen LogP contribution in [-0.2, 0) is 0 Å². The van der Waals surface area contributed by atoms with Crippen molar-refractivity contribution < 1.29 is 4.74 Å². The molecule has 0 aliphatic rings. The Morgan fingerprint density at radius 2 is 0.974 bits per heavy atom. The summed E-state index contributed by atoms with van der Waals surface area (Å²) in [6.45, 7) is 4.55. The van der Waals surface area contributed by atoms with Crippen LogP contribution in [0.3, 0.4) is 0 Å². The molecule has 0 bridgehead atoms. The number of benzene rings is 4. The fraction of sp³-hybridized carbons (Fsp3) is 0.444. The van der Waals surface area contributed by atoms with Gasteiger partial charge in [0.25, 0.3) is 0 Å². The second kappa shape index (κ2) is 15.8. The highest BCUT2D eigenvalue weighted by Gasteiger charge is 2.14. The molecule has 4 aromatic carbocycles. The van der Waals surface area contributed by atoms with Crippen molar-refractivity contribution in [1.29, 1.82) is 0 Å². The van der Waals surface area contributed by atoms with Gasteiger partial charge in [0.2, 0.25) is 0 Å². The van der Waals surface area contributed by atoms with Crippen molar-refractivity contribution in [3.63, 3.8) is 0 Å². The Kier molecular flexibility index (Phi) is 12.2. The van der Waals surface area contributed by atoms with Gasteiger partial charge in [-0.15, -0.1) is 0 Å². The monoisotopic (exact) mass is 650 g/mol. The zero-order chi connectivity index (χ0) is 27.5. The molecule has 0 saturated carbocycles. The van der Waals surface area contributed by atoms with E-state index in [9.17, 15) is 0 Å². The summed E-state index contributed by atoms with van der Waals surface area (Å²) in [4.78, 5) is 0.721. The van der Waals surface area contributed by atoms with Crippen LogP contribution in [0.1, 0.15) is 112 Å². The van der Waals surface area contributed by atoms with Gasteiger partial charge < -0.3 is 4.74 Å². The van der Waals surface area contributed by atoms with Gasteiger partial charge in [-0.05, 0) is 69.8 Å². The lowest BCUT2D eigenvalue weighted by atomic mass is 9.98. The molecular formula is C36H44Br2O. The zero-order valence-corrected chi connectivity index (χ0v) is 26.9. The molecule has 4 aromatic rings. The van der Waals surface area contributed by atoms with Crippen LogP contribution in [0.25, 0.3) is 21.5 Å². The molecule has 4 rings (SSSR count). The Hall–Kier alpha value is -1.84. The van der Waals surface area contributed by atoms with Crippen LogP contribution in [0.2, 0.25) is 0 Å². The summed E-state index contributed by atoms with van der Waals surface area (Å²) in [6.07, 6.45) is 15.4. The van der Waals surface area contributed by atoms with E-state index in [1.807, 2.05) is 0 Å². The van der Waals surface area contributed by atoms with Gasteiger partial charge in [0.05, 0.1) is 0 Å². The lowest BCUT2D eigenvalue weighted by Gasteiger charge is -2.16. The molecule has 3 heteroatoms. The van der Waals surface area contributed by atoms with E-state index in [1.54, 1.807) is 0 Å². The molecule has 0 spiro atoms. The van der Waals surface area contributed by atoms with Gasteiger partial charge in [0, 0.05) is 9.65 Å². The van der Waals surface area contributed by atoms with Crippen molar-refractivity contribution in [2.75, 3.05) is 0 Å². The lowest BCUT2D eigenvalue weighted by Crippen LogP contribution is -1.94. The molecule has 0 aliphatic carbocycles. The number of hydrogen-bond acceptors (Lipinski definition) is 1. The number of ether oxygens (including phenoxy) is 1. The number of halogens is 2. The molecule has 39 heavy (non-hydrogen) atoms. The van der Waals surface area contributed by atoms with Crippen LogP contribution in [0.5, 0.6) is 11.5 Å². The Bertz CT molecular complexity index is 1210. The van der Waals surface area contributed by atoms with E-state index in [4.69, 9.17) is 4.74 Å². The minimum absolute atomic E-state index is 0.360. The maximum Gasteiger partial charge on any atom is 0.128 e. The van der Waals surface area contributed by atoms with E-state index in [1.165, 1.54) is 96.9 Å². The second-order valence-electron chi connectivity index (χ2n) is 10.9. The van der Waals surface area contributed by atoms with Crippen LogP contribution in [0.15, 0.2) is 72.8 Å². The number of hydrogen-bond donors (Lipinski definition) is 0. The molecule has 0 aromatic heterocycles. The Balaban J connectivity index is 1.50. The molecule has 0 saturated heterocycles. The maximum atomic E-state index is 6.48. The summed E-state index contributed by atoms with van der Waals surface area (Å²) in [5.74, 6) is 1.78. The van der Waals surface area contributed by atoms with Crippen LogP contribution in [-0.4, -0.2) is 0 Å². The first-order valence-electron chi connectivity index (χ1n) is 15.1. The quantitative estimate of drug-likeness (QED) is 0.0865. The third-order valence-electron chi connectivity index (χ3n) is 7.81. The molecule has 0 aliphatic heterocycles. The van der Waals surface area contributed by atoms with E-state index in [0.717, 1.165) is 24.3 Å². The summed E-state index contributed by atoms with van der Waals surface area (Å²) in [5, 5.41) is 5.07. The second-order valence-corrected chi connectivity index (χ2v) is 13.1. The largest absolute Gasteiger partial charge is 0.457 e. The molecule has 0 heterocycles. The standard InChI is InChI=1S/C36H44Br2O/c1-3-5-7-9-11-19-35(37)31-17-13-15-27-21-23-29(25-33(27)31)39-30-24-22-28-16-14-18-32(34(28)26-30)36(38)20-12-10-8-6-4-2/h13-18,21-26,35-36H,3-12,19-20H2,1-2H3. The predicted octanol–water partition coefficient (Wildman–Crippen LogP) is 13.4. The fourth-order valence-electron chi connectivity index (χ4n) is 5.53. The third kappa shape index (κ3) is 8.57. The summed E-state index contributed by atoms with van der Waals surface area (Å²) in [5.41, 5.74) is 2.71. The van der Waals surface area contributed by atoms with E-state index >= 15 is 0 Å². The van der Waals surface area contributed by atoms with Crippen LogP contribution < -0.4 is 4.74 Å². The number of rotatable bonds is 16. The number of fused-ring (bicyclic) bond motifs is 2. The van der Waals surface area contributed by atoms with Crippen LogP contribution in [0, 0.1) is 0 Å². The SMILES string of the molecule is CCCCCCCC(Br)c1cccc2ccc(Oc3ccc4cccc(C(Br)CCCCCCC)c4c3)cc12. The molecule has 2 unspecified atom stereocenters. The fourth-order valence-corrected chi connectivity index (χ4v) is 6.97. The highest BCUT2D eigenvalue weighted by atomic mass is 79.9. The first-order valence-corrected chi connectivity index (χ1v) is 16.9. The van der Waals surface area contributed by atoms with Gasteiger partial charge in [-0.3, -0.25) is 0 Å². The molecule has 0 amide bonds. The van der Waals surface area contributed by atoms with Crippen molar-refractivity contribution in [3.05, 3.63) is 83.9 Å². The van der Waals surface area contributed by atoms with Crippen molar-refractivity contribution in [1.82, 2.24) is 0 Å². The Morgan fingerprint density at radius 1 is 0.538 bits per heavy atom. The van der Waals surface area contributed by atoms with Crippen LogP contribution in [0.4, 0.5) is 0 Å². The van der Waals surface area contributed by atoms with Gasteiger partial charge in [-0.1, -0.05) is 158 Å². The summed E-state index contributed by atoms with van der Waals surface area (Å²) in [7, 11) is 0. The van der Waals surface area contributed by atoms with Crippen molar-refractivity contribution in [3.8, 4) is 11.5 Å². The van der Waals surface area contributed by atoms with E-state index in [0.29, 0.717) is 9.65 Å². The molecule has 1 nitrogen and oxygen atoms in total. The van der Waals surface area contributed by atoms with E-state index < -0.39 is 0 Å². The normalized spacial score (nSPS) is 13.1. The number of alkyl halides is 2. The van der Waals surface area contributed by atoms with Crippen molar-refractivity contribution >= 4 is 53.4 Å². The van der Waals surface area contributed by atoms with Gasteiger partial charge in [-0.2, -0.15) is 0 Å². The average Bonchev–Trinajstić information content (AvgIpc) is 2.96. The minimum atomic E-state index is 0.360. The highest BCUT2D eigenvalue weighted by Crippen LogP contribution is 2.38. The van der Waals surface area contributed by atoms with E-state index in [2.05, 4.69) is 119 Å². The summed E-state index contributed by atoms with van der Waals surface area (Å²) < 4.78 is 6.48. The minimum Gasteiger partial charge on any atom is -0.457 e. The van der Waals surface area contributed by atoms with Crippen LogP contribution >= 0.6 is 31.9 Å². The summed E-state index contributed by atoms with van der Waals surface area (Å²) in [6, 6.07) is 26.3. The van der Waals surface area contributed by atoms with E-state index in [-0.39, 0.29) is 0 Å². The first-order chi connectivity index (χ1) is 19.1. The Labute approximate surface area is 253 Å². The van der Waals surface area contributed by atoms with Crippen molar-refractivity contribution in [2.24, 2.45) is 0 Å². The topological polar surface area (TPSA) is 9.23 Å². The van der Waals surface area contributed by atoms with Gasteiger partial charge in [0.1, 0.15) is 11.5 Å². The van der Waals surface area contributed by atoms with Gasteiger partial charge >= 0.3 is 0 Å². The van der Waals surface area contributed by atoms with Crippen molar-refractivity contribution in [2.45, 2.75) is 101 Å². The predicted molar refractivity (Wildman–Crippen MR) is 178 cm³/mol. The molecule has 0 N–H and O–H groups in total. The number of unbranched alkanes of at least 4 members (excludes halogenated alkanes) is 8. The van der Waals surface area contributed by atoms with Gasteiger partial charge in [-0.25, -0.2) is 0 Å². The maximum absolute atomic E-state index is 6.48. The average molecular weight is 653 g/mol. The molecule has 2 atom stereocenters.